The first kappa shape index (κ1) is 21.2. The second-order valence-corrected chi connectivity index (χ2v) is 9.16. The van der Waals surface area contributed by atoms with Crippen LogP contribution in [0.15, 0.2) is 83.6 Å². The van der Waals surface area contributed by atoms with Crippen LogP contribution in [-0.4, -0.2) is 25.8 Å². The Morgan fingerprint density at radius 1 is 0.968 bits per heavy atom. The van der Waals surface area contributed by atoms with Crippen molar-refractivity contribution in [2.75, 3.05) is 0 Å². The third-order valence-corrected chi connectivity index (χ3v) is 6.53. The lowest BCUT2D eigenvalue weighted by Gasteiger charge is -2.23. The molecule has 0 aliphatic rings. The zero-order valence-corrected chi connectivity index (χ0v) is 18.8. The summed E-state index contributed by atoms with van der Waals surface area (Å²) in [6.07, 6.45) is 7.03. The zero-order chi connectivity index (χ0) is 21.5. The van der Waals surface area contributed by atoms with Gasteiger partial charge in [0.15, 0.2) is 0 Å². The minimum Gasteiger partial charge on any atom is -0.330 e. The highest BCUT2D eigenvalue weighted by Gasteiger charge is 2.17. The molecule has 1 aromatic carbocycles. The maximum atomic E-state index is 13.3. The smallest absolute Gasteiger partial charge is 0.254 e. The highest BCUT2D eigenvalue weighted by Crippen LogP contribution is 2.24. The number of thiazole rings is 1. The van der Waals surface area contributed by atoms with Crippen molar-refractivity contribution in [3.05, 3.63) is 106 Å². The quantitative estimate of drug-likeness (QED) is 0.340. The first-order chi connectivity index (χ1) is 15.2. The van der Waals surface area contributed by atoms with Gasteiger partial charge in [-0.2, -0.15) is 0 Å². The molecule has 3 aromatic heterocycles. The maximum Gasteiger partial charge on any atom is 0.254 e. The summed E-state index contributed by atoms with van der Waals surface area (Å²) in [5.41, 5.74) is 3.80. The predicted octanol–water partition coefficient (Wildman–Crippen LogP) is 5.38. The van der Waals surface area contributed by atoms with Gasteiger partial charge in [-0.3, -0.25) is 14.8 Å². The molecular formula is C24H22N4OS2. The molecule has 0 atom stereocenters. The highest BCUT2D eigenvalue weighted by molar-refractivity contribution is 7.98. The number of pyridine rings is 2. The summed E-state index contributed by atoms with van der Waals surface area (Å²) in [6.45, 7) is 3.02. The number of nitrogens with zero attached hydrogens (tertiary/aromatic N) is 4. The van der Waals surface area contributed by atoms with Gasteiger partial charge in [0.25, 0.3) is 5.91 Å². The Bertz CT molecular complexity index is 1070. The van der Waals surface area contributed by atoms with E-state index in [4.69, 9.17) is 0 Å². The molecule has 0 radical (unpaired) electrons. The fraction of sp³-hybridized carbons (Fsp3) is 0.167. The largest absolute Gasteiger partial charge is 0.330 e. The van der Waals surface area contributed by atoms with Crippen LogP contribution in [0.2, 0.25) is 0 Å². The van der Waals surface area contributed by atoms with E-state index in [1.54, 1.807) is 47.9 Å². The summed E-state index contributed by atoms with van der Waals surface area (Å²) in [7, 11) is 0. The molecule has 4 aromatic rings. The van der Waals surface area contributed by atoms with E-state index in [2.05, 4.69) is 20.3 Å². The molecule has 0 unspecified atom stereocenters. The number of thioether (sulfide) groups is 1. The maximum absolute atomic E-state index is 13.3. The average Bonchev–Trinajstić information content (AvgIpc) is 3.23. The van der Waals surface area contributed by atoms with Gasteiger partial charge in [0.1, 0.15) is 0 Å². The Balaban J connectivity index is 1.47. The fourth-order valence-corrected chi connectivity index (χ4v) is 4.64. The van der Waals surface area contributed by atoms with Crippen molar-refractivity contribution in [1.82, 2.24) is 19.9 Å². The van der Waals surface area contributed by atoms with E-state index in [0.29, 0.717) is 18.7 Å². The molecule has 5 nitrogen and oxygen atoms in total. The van der Waals surface area contributed by atoms with Crippen LogP contribution >= 0.6 is 23.1 Å². The molecule has 1 amide bonds. The summed E-state index contributed by atoms with van der Waals surface area (Å²) in [5.74, 6) is 0.819. The molecule has 3 heterocycles. The summed E-state index contributed by atoms with van der Waals surface area (Å²) >= 11 is 3.39. The number of rotatable bonds is 8. The molecule has 31 heavy (non-hydrogen) atoms. The van der Waals surface area contributed by atoms with Crippen molar-refractivity contribution in [2.24, 2.45) is 0 Å². The minimum atomic E-state index is -0.00709. The number of hydrogen-bond donors (Lipinski definition) is 0. The molecule has 0 bridgehead atoms. The number of aromatic nitrogens is 3. The van der Waals surface area contributed by atoms with Crippen LogP contribution in [0.3, 0.4) is 0 Å². The van der Waals surface area contributed by atoms with E-state index in [0.717, 1.165) is 32.5 Å². The topological polar surface area (TPSA) is 59.0 Å². The number of carbonyl (C=O) groups excluding carboxylic acids is 1. The van der Waals surface area contributed by atoms with Gasteiger partial charge >= 0.3 is 0 Å². The lowest BCUT2D eigenvalue weighted by molar-refractivity contribution is 0.0729. The van der Waals surface area contributed by atoms with Crippen LogP contribution in [0.1, 0.15) is 32.2 Å². The molecular weight excluding hydrogens is 424 g/mol. The number of aryl methyl sites for hydroxylation is 1. The third-order valence-electron chi connectivity index (χ3n) is 4.66. The summed E-state index contributed by atoms with van der Waals surface area (Å²) in [4.78, 5) is 29.0. The molecule has 0 aliphatic heterocycles. The molecule has 7 heteroatoms. The Hall–Kier alpha value is -3.03. The average molecular weight is 447 g/mol. The van der Waals surface area contributed by atoms with E-state index in [1.807, 2.05) is 60.4 Å². The van der Waals surface area contributed by atoms with Crippen molar-refractivity contribution in [1.29, 1.82) is 0 Å². The summed E-state index contributed by atoms with van der Waals surface area (Å²) in [6, 6.07) is 15.6. The van der Waals surface area contributed by atoms with Crippen LogP contribution in [0.25, 0.3) is 0 Å². The molecule has 0 spiro atoms. The van der Waals surface area contributed by atoms with Crippen molar-refractivity contribution < 1.29 is 4.79 Å². The minimum absolute atomic E-state index is 0.00709. The monoisotopic (exact) mass is 446 g/mol. The normalized spacial score (nSPS) is 10.7. The van der Waals surface area contributed by atoms with Crippen molar-refractivity contribution in [3.63, 3.8) is 0 Å². The Labute approximate surface area is 190 Å². The Morgan fingerprint density at radius 3 is 2.42 bits per heavy atom. The van der Waals surface area contributed by atoms with Gasteiger partial charge in [0, 0.05) is 59.5 Å². The zero-order valence-electron chi connectivity index (χ0n) is 17.1. The molecule has 0 aliphatic carbocycles. The van der Waals surface area contributed by atoms with E-state index < -0.39 is 0 Å². The van der Waals surface area contributed by atoms with Crippen LogP contribution in [-0.2, 0) is 18.8 Å². The van der Waals surface area contributed by atoms with Gasteiger partial charge in [0.05, 0.1) is 10.7 Å². The molecule has 0 N–H and O–H groups in total. The van der Waals surface area contributed by atoms with E-state index in [1.165, 1.54) is 0 Å². The van der Waals surface area contributed by atoms with Gasteiger partial charge in [-0.1, -0.05) is 6.07 Å². The summed E-state index contributed by atoms with van der Waals surface area (Å²) in [5, 5.41) is 3.18. The predicted molar refractivity (Wildman–Crippen MR) is 125 cm³/mol. The number of hydrogen-bond acceptors (Lipinski definition) is 6. The van der Waals surface area contributed by atoms with Gasteiger partial charge in [-0.25, -0.2) is 4.98 Å². The van der Waals surface area contributed by atoms with Crippen LogP contribution in [0, 0.1) is 6.92 Å². The van der Waals surface area contributed by atoms with Gasteiger partial charge < -0.3 is 4.90 Å². The second-order valence-electron chi connectivity index (χ2n) is 7.05. The first-order valence-corrected chi connectivity index (χ1v) is 11.7. The molecule has 0 saturated heterocycles. The van der Waals surface area contributed by atoms with E-state index >= 15 is 0 Å². The lowest BCUT2D eigenvalue weighted by Crippen LogP contribution is -2.30. The standard InChI is InChI=1S/C24H22N4OS2/c1-18-27-22(16-30-18)17-31-23-6-4-21(5-7-23)24(29)28(14-19-8-11-25-12-9-19)15-20-3-2-10-26-13-20/h2-13,16H,14-15,17H2,1H3. The van der Waals surface area contributed by atoms with Crippen LogP contribution in [0.5, 0.6) is 0 Å². The van der Waals surface area contributed by atoms with Gasteiger partial charge in [0.2, 0.25) is 0 Å². The van der Waals surface area contributed by atoms with Gasteiger partial charge in [-0.05, 0) is 60.5 Å². The highest BCUT2D eigenvalue weighted by atomic mass is 32.2. The van der Waals surface area contributed by atoms with Crippen LogP contribution in [0.4, 0.5) is 0 Å². The summed E-state index contributed by atoms with van der Waals surface area (Å²) < 4.78 is 0. The molecule has 156 valence electrons. The fourth-order valence-electron chi connectivity index (χ4n) is 3.13. The first-order valence-electron chi connectivity index (χ1n) is 9.88. The van der Waals surface area contributed by atoms with Crippen LogP contribution < -0.4 is 0 Å². The third kappa shape index (κ3) is 5.99. The number of carbonyl (C=O) groups is 1. The lowest BCUT2D eigenvalue weighted by atomic mass is 10.1. The number of benzene rings is 1. The molecule has 4 rings (SSSR count). The Kier molecular flexibility index (Phi) is 7.07. The van der Waals surface area contributed by atoms with Gasteiger partial charge in [-0.15, -0.1) is 23.1 Å². The Morgan fingerprint density at radius 2 is 1.74 bits per heavy atom. The second kappa shape index (κ2) is 10.3. The van der Waals surface area contributed by atoms with Crippen molar-refractivity contribution in [3.8, 4) is 0 Å². The SMILES string of the molecule is Cc1nc(CSc2ccc(C(=O)N(Cc3ccncc3)Cc3cccnc3)cc2)cs1. The van der Waals surface area contributed by atoms with Crippen molar-refractivity contribution in [2.45, 2.75) is 30.7 Å². The molecule has 0 fully saturated rings. The van der Waals surface area contributed by atoms with Crippen molar-refractivity contribution >= 4 is 29.0 Å². The molecule has 0 saturated carbocycles. The number of amides is 1. The van der Waals surface area contributed by atoms with E-state index in [-0.39, 0.29) is 5.91 Å². The van der Waals surface area contributed by atoms with E-state index in [9.17, 15) is 4.79 Å².